The van der Waals surface area contributed by atoms with Crippen molar-refractivity contribution >= 4 is 33.8 Å². The number of rotatable bonds is 5. The van der Waals surface area contributed by atoms with Gasteiger partial charge < -0.3 is 4.74 Å². The molecule has 0 unspecified atom stereocenters. The van der Waals surface area contributed by atoms with E-state index in [1.165, 1.54) is 6.07 Å². The topological polar surface area (TPSA) is 21.3 Å². The molecule has 0 radical (unpaired) electrons. The summed E-state index contributed by atoms with van der Waals surface area (Å²) in [6.07, 6.45) is 0.674. The summed E-state index contributed by atoms with van der Waals surface area (Å²) >= 11 is 1.58. The molecule has 3 aromatic rings. The normalized spacial score (nSPS) is 13.3. The van der Waals surface area contributed by atoms with E-state index in [1.54, 1.807) is 17.4 Å². The Hall–Kier alpha value is -1.62. The van der Waals surface area contributed by atoms with Crippen LogP contribution >= 0.6 is 23.7 Å². The summed E-state index contributed by atoms with van der Waals surface area (Å²) in [4.78, 5) is 0. The fourth-order valence-electron chi connectivity index (χ4n) is 2.68. The molecule has 1 N–H and O–H groups in total. The molecular weight excluding hydrogens is 333 g/mol. The summed E-state index contributed by atoms with van der Waals surface area (Å²) in [7, 11) is 1.84. The molecule has 0 bridgehead atoms. The third-order valence-corrected chi connectivity index (χ3v) is 4.84. The zero-order valence-corrected chi connectivity index (χ0v) is 14.6. The van der Waals surface area contributed by atoms with Crippen LogP contribution < -0.4 is 10.1 Å². The summed E-state index contributed by atoms with van der Waals surface area (Å²) in [6, 6.07) is 15.0. The number of thiophene rings is 1. The van der Waals surface area contributed by atoms with Crippen molar-refractivity contribution in [1.29, 1.82) is 0 Å². The molecule has 0 saturated heterocycles. The number of fused-ring (bicyclic) bond motifs is 1. The fourth-order valence-corrected chi connectivity index (χ4v) is 3.47. The van der Waals surface area contributed by atoms with E-state index >= 15 is 0 Å². The summed E-state index contributed by atoms with van der Waals surface area (Å²) in [5, 5.41) is 5.99. The first kappa shape index (κ1) is 17.7. The van der Waals surface area contributed by atoms with Crippen LogP contribution in [0.2, 0.25) is 0 Å². The molecule has 0 saturated carbocycles. The Morgan fingerprint density at radius 3 is 2.52 bits per heavy atom. The molecule has 5 heteroatoms. The summed E-state index contributed by atoms with van der Waals surface area (Å²) in [5.41, 5.74) is 0.227. The number of ether oxygens (including phenoxy) is 1. The van der Waals surface area contributed by atoms with Crippen LogP contribution in [0.15, 0.2) is 53.9 Å². The lowest BCUT2D eigenvalue weighted by Gasteiger charge is -2.34. The van der Waals surface area contributed by atoms with Gasteiger partial charge in [-0.2, -0.15) is 0 Å². The first-order chi connectivity index (χ1) is 10.7. The molecule has 122 valence electrons. The molecule has 0 aliphatic carbocycles. The molecule has 0 aliphatic rings. The monoisotopic (exact) mass is 351 g/mol. The van der Waals surface area contributed by atoms with E-state index in [1.807, 2.05) is 55.7 Å². The minimum absolute atomic E-state index is 0. The second-order valence-electron chi connectivity index (χ2n) is 5.11. The van der Waals surface area contributed by atoms with Gasteiger partial charge in [-0.1, -0.05) is 37.3 Å². The molecule has 0 spiro atoms. The van der Waals surface area contributed by atoms with E-state index in [9.17, 15) is 4.39 Å². The standard InChI is InChI=1S/C18H18FNOS.ClH/c1-3-18(20-2,13-7-5-4-6-8-13)21-17-14-11-12-22-16(14)10-9-15(17)19;/h4-12,20H,3H2,1-2H3;1H/t18-;/m0./s1. The average molecular weight is 352 g/mol. The van der Waals surface area contributed by atoms with Crippen molar-refractivity contribution in [2.24, 2.45) is 0 Å². The smallest absolute Gasteiger partial charge is 0.186 e. The molecule has 1 aromatic heterocycles. The van der Waals surface area contributed by atoms with Crippen LogP contribution in [0.3, 0.4) is 0 Å². The van der Waals surface area contributed by atoms with Crippen LogP contribution in [0.4, 0.5) is 4.39 Å². The summed E-state index contributed by atoms with van der Waals surface area (Å²) < 4.78 is 21.6. The van der Waals surface area contributed by atoms with Crippen molar-refractivity contribution in [1.82, 2.24) is 5.32 Å². The Labute approximate surface area is 145 Å². The quantitative estimate of drug-likeness (QED) is 0.628. The van der Waals surface area contributed by atoms with Gasteiger partial charge >= 0.3 is 0 Å². The van der Waals surface area contributed by atoms with Gasteiger partial charge in [-0.3, -0.25) is 5.32 Å². The molecule has 0 amide bonds. The van der Waals surface area contributed by atoms with Crippen molar-refractivity contribution in [3.63, 3.8) is 0 Å². The highest BCUT2D eigenvalue weighted by Crippen LogP contribution is 2.37. The third kappa shape index (κ3) is 3.20. The van der Waals surface area contributed by atoms with Crippen molar-refractivity contribution in [2.45, 2.75) is 19.1 Å². The fraction of sp³-hybridized carbons (Fsp3) is 0.222. The minimum Gasteiger partial charge on any atom is -0.465 e. The molecule has 0 aliphatic heterocycles. The van der Waals surface area contributed by atoms with Gasteiger partial charge in [0.05, 0.1) is 0 Å². The Balaban J connectivity index is 0.00000192. The maximum atomic E-state index is 14.4. The maximum Gasteiger partial charge on any atom is 0.186 e. The number of nitrogens with one attached hydrogen (secondary N) is 1. The lowest BCUT2D eigenvalue weighted by atomic mass is 9.99. The number of halogens is 2. The zero-order valence-electron chi connectivity index (χ0n) is 13.0. The summed E-state index contributed by atoms with van der Waals surface area (Å²) in [5.74, 6) is -0.0336. The minimum atomic E-state index is -0.752. The Morgan fingerprint density at radius 1 is 1.13 bits per heavy atom. The molecule has 1 heterocycles. The van der Waals surface area contributed by atoms with Gasteiger partial charge in [-0.25, -0.2) is 4.39 Å². The van der Waals surface area contributed by atoms with Crippen LogP contribution in [0.1, 0.15) is 18.9 Å². The van der Waals surface area contributed by atoms with E-state index in [0.29, 0.717) is 12.2 Å². The predicted molar refractivity (Wildman–Crippen MR) is 97.1 cm³/mol. The van der Waals surface area contributed by atoms with E-state index in [2.05, 4.69) is 5.32 Å². The third-order valence-electron chi connectivity index (χ3n) is 3.96. The molecule has 3 rings (SSSR count). The van der Waals surface area contributed by atoms with Gasteiger partial charge in [-0.15, -0.1) is 23.7 Å². The highest BCUT2D eigenvalue weighted by molar-refractivity contribution is 7.17. The number of hydrogen-bond donors (Lipinski definition) is 1. The molecule has 2 aromatic carbocycles. The van der Waals surface area contributed by atoms with Gasteiger partial charge in [0.2, 0.25) is 0 Å². The van der Waals surface area contributed by atoms with Crippen molar-refractivity contribution in [3.05, 3.63) is 65.3 Å². The van der Waals surface area contributed by atoms with Crippen LogP contribution in [-0.2, 0) is 5.72 Å². The van der Waals surface area contributed by atoms with Gasteiger partial charge in [0.15, 0.2) is 17.3 Å². The van der Waals surface area contributed by atoms with Crippen molar-refractivity contribution < 1.29 is 9.13 Å². The largest absolute Gasteiger partial charge is 0.465 e. The van der Waals surface area contributed by atoms with Gasteiger partial charge in [0, 0.05) is 22.1 Å². The van der Waals surface area contributed by atoms with Gasteiger partial charge in [0.25, 0.3) is 0 Å². The van der Waals surface area contributed by atoms with Crippen LogP contribution in [-0.4, -0.2) is 7.05 Å². The maximum absolute atomic E-state index is 14.4. The number of hydrogen-bond acceptors (Lipinski definition) is 3. The van der Waals surface area contributed by atoms with Crippen LogP contribution in [0.5, 0.6) is 5.75 Å². The van der Waals surface area contributed by atoms with Crippen LogP contribution in [0.25, 0.3) is 10.1 Å². The SMILES string of the molecule is CC[C@](NC)(Oc1c(F)ccc2sccc12)c1ccccc1.Cl. The second kappa shape index (κ2) is 7.30. The zero-order chi connectivity index (χ0) is 15.6. The highest BCUT2D eigenvalue weighted by atomic mass is 35.5. The van der Waals surface area contributed by atoms with E-state index in [4.69, 9.17) is 4.74 Å². The van der Waals surface area contributed by atoms with Crippen molar-refractivity contribution in [2.75, 3.05) is 7.05 Å². The predicted octanol–water partition coefficient (Wildman–Crippen LogP) is 5.32. The van der Waals surface area contributed by atoms with Gasteiger partial charge in [-0.05, 0) is 30.6 Å². The van der Waals surface area contributed by atoms with E-state index in [0.717, 1.165) is 15.6 Å². The average Bonchev–Trinajstić information content (AvgIpc) is 3.04. The molecule has 2 nitrogen and oxygen atoms in total. The Bertz CT molecular complexity index is 771. The first-order valence-corrected chi connectivity index (χ1v) is 8.17. The number of benzene rings is 2. The summed E-state index contributed by atoms with van der Waals surface area (Å²) in [6.45, 7) is 2.02. The van der Waals surface area contributed by atoms with Crippen molar-refractivity contribution in [3.8, 4) is 5.75 Å². The van der Waals surface area contributed by atoms with E-state index < -0.39 is 5.72 Å². The molecule has 0 fully saturated rings. The molecule has 23 heavy (non-hydrogen) atoms. The Kier molecular flexibility index (Phi) is 5.63. The van der Waals surface area contributed by atoms with Gasteiger partial charge in [0.1, 0.15) is 0 Å². The Morgan fingerprint density at radius 2 is 1.87 bits per heavy atom. The van der Waals surface area contributed by atoms with Crippen LogP contribution in [0, 0.1) is 5.82 Å². The van der Waals surface area contributed by atoms with E-state index in [-0.39, 0.29) is 18.2 Å². The second-order valence-corrected chi connectivity index (χ2v) is 6.06. The lowest BCUT2D eigenvalue weighted by Crippen LogP contribution is -2.45. The lowest BCUT2D eigenvalue weighted by molar-refractivity contribution is 0.0304. The first-order valence-electron chi connectivity index (χ1n) is 7.29. The molecular formula is C18H19ClFNOS. The molecule has 1 atom stereocenters. The highest BCUT2D eigenvalue weighted by Gasteiger charge is 2.32.